The second kappa shape index (κ2) is 8.68. The van der Waals surface area contributed by atoms with Crippen molar-refractivity contribution < 1.29 is 9.59 Å². The Hall–Kier alpha value is -3.69. The van der Waals surface area contributed by atoms with Crippen LogP contribution in [0.25, 0.3) is 11.2 Å². The lowest BCUT2D eigenvalue weighted by Crippen LogP contribution is -2.52. The van der Waals surface area contributed by atoms with E-state index >= 15 is 0 Å². The van der Waals surface area contributed by atoms with Crippen LogP contribution in [0.2, 0.25) is 0 Å². The van der Waals surface area contributed by atoms with Gasteiger partial charge in [-0.1, -0.05) is 26.0 Å². The Morgan fingerprint density at radius 3 is 2.18 bits per heavy atom. The SMILES string of the molecule is CC(C)c1ccc(C(=O)N2CCN(C(=O)Cn3c(=O)c4c(ncn4C)n(C)c3=O)CC2)cc1. The minimum Gasteiger partial charge on any atom is -0.338 e. The van der Waals surface area contributed by atoms with Crippen LogP contribution in [-0.4, -0.2) is 66.5 Å². The molecular weight excluding hydrogens is 424 g/mol. The van der Waals surface area contributed by atoms with Gasteiger partial charge in [-0.15, -0.1) is 0 Å². The molecule has 10 heteroatoms. The summed E-state index contributed by atoms with van der Waals surface area (Å²) in [6.07, 6.45) is 1.46. The highest BCUT2D eigenvalue weighted by Crippen LogP contribution is 2.16. The number of hydrogen-bond acceptors (Lipinski definition) is 5. The standard InChI is InChI=1S/C23H28N6O4/c1-15(2)16-5-7-17(8-6-16)21(31)28-11-9-27(10-12-28)18(30)13-29-22(32)19-20(24-14-25(19)3)26(4)23(29)33/h5-8,14-15H,9-13H2,1-4H3. The Labute approximate surface area is 190 Å². The molecule has 0 atom stereocenters. The van der Waals surface area contributed by atoms with Crippen molar-refractivity contribution in [3.05, 3.63) is 62.6 Å². The summed E-state index contributed by atoms with van der Waals surface area (Å²) in [5.41, 5.74) is 1.22. The minimum atomic E-state index is -0.585. The van der Waals surface area contributed by atoms with Gasteiger partial charge in [0.05, 0.1) is 6.33 Å². The van der Waals surface area contributed by atoms with E-state index in [4.69, 9.17) is 0 Å². The van der Waals surface area contributed by atoms with Crippen LogP contribution in [0.15, 0.2) is 40.2 Å². The summed E-state index contributed by atoms with van der Waals surface area (Å²) in [6.45, 7) is 5.33. The van der Waals surface area contributed by atoms with Gasteiger partial charge in [0, 0.05) is 45.8 Å². The van der Waals surface area contributed by atoms with E-state index in [0.29, 0.717) is 37.7 Å². The molecule has 1 aliphatic rings. The van der Waals surface area contributed by atoms with Crippen LogP contribution < -0.4 is 11.2 Å². The summed E-state index contributed by atoms with van der Waals surface area (Å²) in [4.78, 5) is 58.6. The lowest BCUT2D eigenvalue weighted by molar-refractivity contribution is -0.133. The minimum absolute atomic E-state index is 0.0656. The Bertz CT molecular complexity index is 1320. The van der Waals surface area contributed by atoms with Crippen LogP contribution in [0.1, 0.15) is 35.7 Å². The average molecular weight is 453 g/mol. The number of hydrogen-bond donors (Lipinski definition) is 0. The zero-order valence-electron chi connectivity index (χ0n) is 19.3. The molecule has 2 amide bonds. The number of carbonyl (C=O) groups excluding carboxylic acids is 2. The predicted octanol–water partition coefficient (Wildman–Crippen LogP) is 0.542. The van der Waals surface area contributed by atoms with E-state index in [1.54, 1.807) is 16.8 Å². The first kappa shape index (κ1) is 22.5. The molecule has 1 saturated heterocycles. The molecule has 3 heterocycles. The molecule has 33 heavy (non-hydrogen) atoms. The number of nitrogens with zero attached hydrogens (tertiary/aromatic N) is 6. The number of carbonyl (C=O) groups is 2. The van der Waals surface area contributed by atoms with Crippen molar-refractivity contribution in [2.45, 2.75) is 26.3 Å². The van der Waals surface area contributed by atoms with Crippen LogP contribution in [-0.2, 0) is 25.4 Å². The average Bonchev–Trinajstić information content (AvgIpc) is 3.21. The first-order valence-corrected chi connectivity index (χ1v) is 11.0. The van der Waals surface area contributed by atoms with Crippen molar-refractivity contribution in [1.29, 1.82) is 0 Å². The molecule has 0 N–H and O–H groups in total. The van der Waals surface area contributed by atoms with E-state index in [-0.39, 0.29) is 29.5 Å². The maximum atomic E-state index is 12.9. The van der Waals surface area contributed by atoms with Gasteiger partial charge >= 0.3 is 5.69 Å². The second-order valence-corrected chi connectivity index (χ2v) is 8.71. The number of amides is 2. The smallest absolute Gasteiger partial charge is 0.332 e. The van der Waals surface area contributed by atoms with Crippen LogP contribution in [0.5, 0.6) is 0 Å². The number of rotatable bonds is 4. The van der Waals surface area contributed by atoms with Crippen molar-refractivity contribution in [1.82, 2.24) is 28.5 Å². The lowest BCUT2D eigenvalue weighted by Gasteiger charge is -2.35. The third-order valence-electron chi connectivity index (χ3n) is 6.24. The Balaban J connectivity index is 1.44. The zero-order valence-corrected chi connectivity index (χ0v) is 19.3. The molecule has 1 fully saturated rings. The molecule has 0 aliphatic carbocycles. The maximum Gasteiger partial charge on any atom is 0.332 e. The Kier molecular flexibility index (Phi) is 5.92. The van der Waals surface area contributed by atoms with Crippen molar-refractivity contribution in [3.8, 4) is 0 Å². The number of imidazole rings is 1. The topological polar surface area (TPSA) is 102 Å². The molecular formula is C23H28N6O4. The molecule has 174 valence electrons. The molecule has 4 rings (SSSR count). The summed E-state index contributed by atoms with van der Waals surface area (Å²) in [5.74, 6) is -0.0000980. The largest absolute Gasteiger partial charge is 0.338 e. The van der Waals surface area contributed by atoms with Crippen LogP contribution in [0.3, 0.4) is 0 Å². The second-order valence-electron chi connectivity index (χ2n) is 8.71. The number of piperazine rings is 1. The molecule has 0 saturated carbocycles. The molecule has 0 bridgehead atoms. The van der Waals surface area contributed by atoms with Gasteiger partial charge < -0.3 is 14.4 Å². The van der Waals surface area contributed by atoms with Gasteiger partial charge in [0.2, 0.25) is 5.91 Å². The Morgan fingerprint density at radius 2 is 1.58 bits per heavy atom. The number of benzene rings is 1. The molecule has 10 nitrogen and oxygen atoms in total. The molecule has 1 aliphatic heterocycles. The summed E-state index contributed by atoms with van der Waals surface area (Å²) in [5, 5.41) is 0. The highest BCUT2D eigenvalue weighted by molar-refractivity contribution is 5.94. The van der Waals surface area contributed by atoms with Gasteiger partial charge in [-0.05, 0) is 23.6 Å². The first-order valence-electron chi connectivity index (χ1n) is 11.0. The summed E-state index contributed by atoms with van der Waals surface area (Å²) < 4.78 is 3.75. The van der Waals surface area contributed by atoms with Crippen molar-refractivity contribution in [3.63, 3.8) is 0 Å². The molecule has 0 spiro atoms. The molecule has 0 unspecified atom stereocenters. The quantitative estimate of drug-likeness (QED) is 0.575. The third-order valence-corrected chi connectivity index (χ3v) is 6.24. The first-order chi connectivity index (χ1) is 15.7. The van der Waals surface area contributed by atoms with Crippen LogP contribution >= 0.6 is 0 Å². The maximum absolute atomic E-state index is 12.9. The van der Waals surface area contributed by atoms with Gasteiger partial charge in [-0.25, -0.2) is 14.3 Å². The molecule has 3 aromatic rings. The van der Waals surface area contributed by atoms with Gasteiger partial charge in [0.15, 0.2) is 11.2 Å². The fraction of sp³-hybridized carbons (Fsp3) is 0.435. The van der Waals surface area contributed by atoms with Crippen molar-refractivity contribution >= 4 is 23.0 Å². The van der Waals surface area contributed by atoms with E-state index < -0.39 is 11.2 Å². The lowest BCUT2D eigenvalue weighted by atomic mass is 10.0. The van der Waals surface area contributed by atoms with Gasteiger partial charge in [-0.2, -0.15) is 0 Å². The highest BCUT2D eigenvalue weighted by atomic mass is 16.2. The van der Waals surface area contributed by atoms with E-state index in [9.17, 15) is 19.2 Å². The molecule has 1 aromatic carbocycles. The number of aryl methyl sites for hydroxylation is 2. The van der Waals surface area contributed by atoms with Crippen LogP contribution in [0.4, 0.5) is 0 Å². The van der Waals surface area contributed by atoms with Crippen molar-refractivity contribution in [2.24, 2.45) is 14.1 Å². The van der Waals surface area contributed by atoms with E-state index in [0.717, 1.165) is 4.57 Å². The van der Waals surface area contributed by atoms with Gasteiger partial charge in [-0.3, -0.25) is 19.0 Å². The van der Waals surface area contributed by atoms with Gasteiger partial charge in [0.1, 0.15) is 6.54 Å². The number of aromatic nitrogens is 4. The normalized spacial score (nSPS) is 14.3. The van der Waals surface area contributed by atoms with Gasteiger partial charge in [0.25, 0.3) is 11.5 Å². The summed E-state index contributed by atoms with van der Waals surface area (Å²) >= 11 is 0. The van der Waals surface area contributed by atoms with Crippen LogP contribution in [0, 0.1) is 0 Å². The highest BCUT2D eigenvalue weighted by Gasteiger charge is 2.26. The fourth-order valence-corrected chi connectivity index (χ4v) is 4.12. The fourth-order valence-electron chi connectivity index (χ4n) is 4.12. The summed E-state index contributed by atoms with van der Waals surface area (Å²) in [6, 6.07) is 7.61. The van der Waals surface area contributed by atoms with E-state index in [1.807, 2.05) is 24.3 Å². The van der Waals surface area contributed by atoms with Crippen molar-refractivity contribution in [2.75, 3.05) is 26.2 Å². The van der Waals surface area contributed by atoms with E-state index in [1.165, 1.54) is 28.1 Å². The predicted molar refractivity (Wildman–Crippen MR) is 123 cm³/mol. The molecule has 2 aromatic heterocycles. The number of fused-ring (bicyclic) bond motifs is 1. The molecule has 0 radical (unpaired) electrons. The monoisotopic (exact) mass is 452 g/mol. The third kappa shape index (κ3) is 4.08. The summed E-state index contributed by atoms with van der Waals surface area (Å²) in [7, 11) is 3.19. The Morgan fingerprint density at radius 1 is 0.970 bits per heavy atom. The van der Waals surface area contributed by atoms with E-state index in [2.05, 4.69) is 18.8 Å². The zero-order chi connectivity index (χ0) is 23.9.